The van der Waals surface area contributed by atoms with Crippen LogP contribution in [-0.4, -0.2) is 40.2 Å². The number of ether oxygens (including phenoxy) is 2. The number of rotatable bonds is 9. The van der Waals surface area contributed by atoms with E-state index in [4.69, 9.17) is 9.47 Å². The van der Waals surface area contributed by atoms with Gasteiger partial charge < -0.3 is 14.8 Å². The molecule has 3 aromatic carbocycles. The first-order valence-electron chi connectivity index (χ1n) is 11.7. The number of carbonyl (C=O) groups excluding carboxylic acids is 1. The third-order valence-corrected chi connectivity index (χ3v) is 7.75. The fourth-order valence-corrected chi connectivity index (χ4v) is 5.54. The van der Waals surface area contributed by atoms with E-state index in [-0.39, 0.29) is 23.1 Å². The van der Waals surface area contributed by atoms with E-state index >= 15 is 0 Å². The predicted molar refractivity (Wildman–Crippen MR) is 137 cm³/mol. The second kappa shape index (κ2) is 10.9. The maximum atomic E-state index is 13.4. The molecule has 0 bridgehead atoms. The van der Waals surface area contributed by atoms with Crippen LogP contribution in [-0.2, 0) is 14.8 Å². The first kappa shape index (κ1) is 24.8. The van der Waals surface area contributed by atoms with E-state index in [1.54, 1.807) is 49.4 Å². The minimum absolute atomic E-state index is 0.0482. The van der Waals surface area contributed by atoms with Gasteiger partial charge in [-0.3, -0.25) is 9.10 Å². The molecule has 4 rings (SSSR count). The van der Waals surface area contributed by atoms with Crippen molar-refractivity contribution in [1.82, 2.24) is 0 Å². The maximum Gasteiger partial charge on any atom is 0.264 e. The van der Waals surface area contributed by atoms with Crippen molar-refractivity contribution in [3.63, 3.8) is 0 Å². The van der Waals surface area contributed by atoms with Crippen LogP contribution >= 0.6 is 0 Å². The third-order valence-electron chi connectivity index (χ3n) is 5.85. The van der Waals surface area contributed by atoms with Gasteiger partial charge in [-0.15, -0.1) is 0 Å². The normalized spacial score (nSPS) is 15.5. The Morgan fingerprint density at radius 3 is 2.60 bits per heavy atom. The highest BCUT2D eigenvalue weighted by Crippen LogP contribution is 2.28. The molecule has 1 atom stereocenters. The summed E-state index contributed by atoms with van der Waals surface area (Å²) >= 11 is 0. The monoisotopic (exact) mass is 494 g/mol. The number of anilines is 2. The Hall–Kier alpha value is -3.36. The molecule has 1 aliphatic heterocycles. The topological polar surface area (TPSA) is 84.9 Å². The van der Waals surface area contributed by atoms with E-state index in [2.05, 4.69) is 5.32 Å². The molecule has 1 amide bonds. The molecule has 184 valence electrons. The molecule has 1 saturated heterocycles. The standard InChI is InChI=1S/C27H30N2O5S/c1-3-29(22-10-5-4-6-11-22)35(31,32)24-13-7-9-21(18-24)27(30)28-25-15-14-20(2)17-26(25)34-19-23-12-8-16-33-23/h4-7,9-11,13-15,17-18,23H,3,8,12,16,19H2,1-2H3,(H,28,30). The summed E-state index contributed by atoms with van der Waals surface area (Å²) in [5.74, 6) is 0.134. The summed E-state index contributed by atoms with van der Waals surface area (Å²) < 4.78 is 39.6. The Bertz CT molecular complexity index is 1270. The third kappa shape index (κ3) is 5.83. The van der Waals surface area contributed by atoms with Gasteiger partial charge in [0.05, 0.1) is 22.4 Å². The fourth-order valence-electron chi connectivity index (χ4n) is 4.02. The molecule has 1 N–H and O–H groups in total. The van der Waals surface area contributed by atoms with Gasteiger partial charge in [0.25, 0.3) is 15.9 Å². The van der Waals surface area contributed by atoms with Crippen LogP contribution in [0, 0.1) is 6.92 Å². The first-order valence-corrected chi connectivity index (χ1v) is 13.2. The van der Waals surface area contributed by atoms with Gasteiger partial charge in [0.15, 0.2) is 0 Å². The number of sulfonamides is 1. The Balaban J connectivity index is 1.54. The van der Waals surface area contributed by atoms with Crippen molar-refractivity contribution in [2.45, 2.75) is 37.7 Å². The van der Waals surface area contributed by atoms with Gasteiger partial charge in [-0.1, -0.05) is 30.3 Å². The van der Waals surface area contributed by atoms with Gasteiger partial charge >= 0.3 is 0 Å². The number of hydrogen-bond donors (Lipinski definition) is 1. The highest BCUT2D eigenvalue weighted by atomic mass is 32.2. The molecule has 1 unspecified atom stereocenters. The first-order chi connectivity index (χ1) is 16.9. The molecule has 35 heavy (non-hydrogen) atoms. The number of nitrogens with one attached hydrogen (secondary N) is 1. The van der Waals surface area contributed by atoms with Crippen LogP contribution in [0.25, 0.3) is 0 Å². The molecular weight excluding hydrogens is 464 g/mol. The number of amides is 1. The summed E-state index contributed by atoms with van der Waals surface area (Å²) in [6.45, 7) is 5.14. The average Bonchev–Trinajstić information content (AvgIpc) is 3.39. The highest BCUT2D eigenvalue weighted by molar-refractivity contribution is 7.92. The average molecular weight is 495 g/mol. The van der Waals surface area contributed by atoms with Crippen molar-refractivity contribution in [2.75, 3.05) is 29.4 Å². The Morgan fingerprint density at radius 2 is 1.89 bits per heavy atom. The Labute approximate surface area is 206 Å². The van der Waals surface area contributed by atoms with E-state index in [1.807, 2.05) is 25.1 Å². The summed E-state index contributed by atoms with van der Waals surface area (Å²) in [4.78, 5) is 13.2. The zero-order valence-corrected chi connectivity index (χ0v) is 20.8. The summed E-state index contributed by atoms with van der Waals surface area (Å²) in [6.07, 6.45) is 2.02. The van der Waals surface area contributed by atoms with Crippen LogP contribution in [0.2, 0.25) is 0 Å². The lowest BCUT2D eigenvalue weighted by Gasteiger charge is -2.23. The van der Waals surface area contributed by atoms with Crippen LogP contribution < -0.4 is 14.4 Å². The van der Waals surface area contributed by atoms with E-state index in [0.717, 1.165) is 25.0 Å². The second-order valence-electron chi connectivity index (χ2n) is 8.43. The second-order valence-corrected chi connectivity index (χ2v) is 10.3. The number of carbonyl (C=O) groups is 1. The SMILES string of the molecule is CCN(c1ccccc1)S(=O)(=O)c1cccc(C(=O)Nc2ccc(C)cc2OCC2CCCO2)c1. The maximum absolute atomic E-state index is 13.4. The number of aryl methyl sites for hydroxylation is 1. The number of para-hydroxylation sites is 1. The van der Waals surface area contributed by atoms with Crippen molar-refractivity contribution in [3.05, 3.63) is 83.9 Å². The van der Waals surface area contributed by atoms with E-state index in [1.165, 1.54) is 16.4 Å². The van der Waals surface area contributed by atoms with Gasteiger partial charge in [-0.2, -0.15) is 0 Å². The van der Waals surface area contributed by atoms with Crippen LogP contribution in [0.1, 0.15) is 35.7 Å². The largest absolute Gasteiger partial charge is 0.489 e. The number of nitrogens with zero attached hydrogens (tertiary/aromatic N) is 1. The zero-order chi connectivity index (χ0) is 24.8. The summed E-state index contributed by atoms with van der Waals surface area (Å²) in [5.41, 5.74) is 2.32. The van der Waals surface area contributed by atoms with Gasteiger partial charge in [0.2, 0.25) is 0 Å². The van der Waals surface area contributed by atoms with Gasteiger partial charge in [-0.25, -0.2) is 8.42 Å². The van der Waals surface area contributed by atoms with Gasteiger partial charge in [-0.05, 0) is 74.7 Å². The Kier molecular flexibility index (Phi) is 7.73. The van der Waals surface area contributed by atoms with Crippen LogP contribution in [0.3, 0.4) is 0 Å². The van der Waals surface area contributed by atoms with Crippen molar-refractivity contribution >= 4 is 27.3 Å². The Morgan fingerprint density at radius 1 is 1.09 bits per heavy atom. The molecule has 0 aliphatic carbocycles. The van der Waals surface area contributed by atoms with Crippen molar-refractivity contribution in [3.8, 4) is 5.75 Å². The van der Waals surface area contributed by atoms with E-state index in [0.29, 0.717) is 23.7 Å². The van der Waals surface area contributed by atoms with Crippen molar-refractivity contribution in [1.29, 1.82) is 0 Å². The summed E-state index contributed by atoms with van der Waals surface area (Å²) in [5, 5.41) is 2.87. The van der Waals surface area contributed by atoms with Crippen LogP contribution in [0.4, 0.5) is 11.4 Å². The molecule has 3 aromatic rings. The molecule has 1 heterocycles. The van der Waals surface area contributed by atoms with Crippen LogP contribution in [0.5, 0.6) is 5.75 Å². The minimum Gasteiger partial charge on any atom is -0.489 e. The van der Waals surface area contributed by atoms with Gasteiger partial charge in [0.1, 0.15) is 12.4 Å². The molecule has 7 nitrogen and oxygen atoms in total. The van der Waals surface area contributed by atoms with Crippen molar-refractivity contribution in [2.24, 2.45) is 0 Å². The number of hydrogen-bond acceptors (Lipinski definition) is 5. The van der Waals surface area contributed by atoms with E-state index < -0.39 is 15.9 Å². The summed E-state index contributed by atoms with van der Waals surface area (Å²) in [6, 6.07) is 20.5. The lowest BCUT2D eigenvalue weighted by Crippen LogP contribution is -2.31. The summed E-state index contributed by atoms with van der Waals surface area (Å²) in [7, 11) is -3.85. The lowest BCUT2D eigenvalue weighted by atomic mass is 10.1. The van der Waals surface area contributed by atoms with E-state index in [9.17, 15) is 13.2 Å². The molecule has 1 aliphatic rings. The lowest BCUT2D eigenvalue weighted by molar-refractivity contribution is 0.0681. The molecule has 0 spiro atoms. The highest BCUT2D eigenvalue weighted by Gasteiger charge is 2.25. The number of benzene rings is 3. The smallest absolute Gasteiger partial charge is 0.264 e. The minimum atomic E-state index is -3.85. The molecular formula is C27H30N2O5S. The van der Waals surface area contributed by atoms with Crippen LogP contribution in [0.15, 0.2) is 77.7 Å². The molecule has 1 fully saturated rings. The molecule has 0 saturated carbocycles. The molecule has 8 heteroatoms. The quantitative estimate of drug-likeness (QED) is 0.452. The molecule has 0 radical (unpaired) electrons. The predicted octanol–water partition coefficient (Wildman–Crippen LogP) is 5.02. The zero-order valence-electron chi connectivity index (χ0n) is 19.9. The van der Waals surface area contributed by atoms with Crippen molar-refractivity contribution < 1.29 is 22.7 Å². The van der Waals surface area contributed by atoms with Gasteiger partial charge in [0, 0.05) is 18.7 Å². The molecule has 0 aromatic heterocycles. The fraction of sp³-hybridized carbons (Fsp3) is 0.296.